The number of benzene rings is 2. The number of fused-ring (bicyclic) bond motifs is 2. The highest BCUT2D eigenvalue weighted by Crippen LogP contribution is 2.38. The SMILES string of the molecule is COc1cc(OCc2ccnc(-c3ccccc3)n2)c2cc(-c3cnc4sc(OC)nn34)oc2c1. The number of aromatic nitrogens is 5. The molecule has 6 rings (SSSR count). The molecule has 0 saturated heterocycles. The minimum atomic E-state index is 0.255. The van der Waals surface area contributed by atoms with Crippen LogP contribution >= 0.6 is 11.3 Å². The second-order valence-corrected chi connectivity index (χ2v) is 8.50. The predicted molar refractivity (Wildman–Crippen MR) is 131 cm³/mol. The van der Waals surface area contributed by atoms with E-state index in [9.17, 15) is 0 Å². The topological polar surface area (TPSA) is 96.8 Å². The molecule has 0 radical (unpaired) electrons. The van der Waals surface area contributed by atoms with Crippen LogP contribution in [0.1, 0.15) is 5.69 Å². The van der Waals surface area contributed by atoms with E-state index in [1.807, 2.05) is 54.6 Å². The third-order valence-corrected chi connectivity index (χ3v) is 6.31. The molecule has 0 saturated carbocycles. The molecule has 0 aliphatic carbocycles. The first-order valence-electron chi connectivity index (χ1n) is 10.7. The summed E-state index contributed by atoms with van der Waals surface area (Å²) in [6, 6.07) is 17.2. The highest BCUT2D eigenvalue weighted by molar-refractivity contribution is 7.18. The van der Waals surface area contributed by atoms with Gasteiger partial charge in [0.1, 0.15) is 29.4 Å². The standard InChI is InChI=1S/C25H19N5O4S/c1-31-17-10-20(33-14-16-8-9-26-23(28-16)15-6-4-3-5-7-15)18-12-22(34-21(18)11-17)19-13-27-24-30(19)29-25(32-2)35-24/h3-13H,14H2,1-2H3. The highest BCUT2D eigenvalue weighted by atomic mass is 32.1. The Morgan fingerprint density at radius 2 is 1.89 bits per heavy atom. The van der Waals surface area contributed by atoms with Crippen molar-refractivity contribution < 1.29 is 18.6 Å². The molecule has 0 N–H and O–H groups in total. The van der Waals surface area contributed by atoms with Crippen LogP contribution in [0.15, 0.2) is 71.4 Å². The van der Waals surface area contributed by atoms with E-state index < -0.39 is 0 Å². The first-order chi connectivity index (χ1) is 17.2. The van der Waals surface area contributed by atoms with Crippen molar-refractivity contribution in [2.75, 3.05) is 14.2 Å². The van der Waals surface area contributed by atoms with Gasteiger partial charge < -0.3 is 18.6 Å². The van der Waals surface area contributed by atoms with Crippen LogP contribution in [0.25, 0.3) is 38.8 Å². The molecule has 10 heteroatoms. The lowest BCUT2D eigenvalue weighted by Gasteiger charge is -2.09. The van der Waals surface area contributed by atoms with Crippen molar-refractivity contribution in [2.45, 2.75) is 6.61 Å². The van der Waals surface area contributed by atoms with E-state index >= 15 is 0 Å². The van der Waals surface area contributed by atoms with Crippen LogP contribution in [-0.4, -0.2) is 38.8 Å². The quantitative estimate of drug-likeness (QED) is 0.302. The zero-order valence-electron chi connectivity index (χ0n) is 18.8. The Hall–Kier alpha value is -4.44. The molecule has 2 aromatic carbocycles. The Balaban J connectivity index is 1.34. The summed E-state index contributed by atoms with van der Waals surface area (Å²) in [6.45, 7) is 0.255. The smallest absolute Gasteiger partial charge is 0.294 e. The summed E-state index contributed by atoms with van der Waals surface area (Å²) in [7, 11) is 3.18. The summed E-state index contributed by atoms with van der Waals surface area (Å²) in [5.41, 5.74) is 3.04. The van der Waals surface area contributed by atoms with Gasteiger partial charge in [0.2, 0.25) is 4.96 Å². The van der Waals surface area contributed by atoms with Crippen LogP contribution in [0.4, 0.5) is 0 Å². The van der Waals surface area contributed by atoms with Gasteiger partial charge in [-0.25, -0.2) is 15.0 Å². The third-order valence-electron chi connectivity index (χ3n) is 5.42. The summed E-state index contributed by atoms with van der Waals surface area (Å²) in [5.74, 6) is 2.49. The lowest BCUT2D eigenvalue weighted by molar-refractivity contribution is 0.302. The van der Waals surface area contributed by atoms with Crippen LogP contribution < -0.4 is 14.2 Å². The molecule has 0 spiro atoms. The zero-order valence-corrected chi connectivity index (χ0v) is 19.7. The summed E-state index contributed by atoms with van der Waals surface area (Å²) in [5, 5.41) is 5.75. The third kappa shape index (κ3) is 3.93. The van der Waals surface area contributed by atoms with Gasteiger partial charge in [0.05, 0.1) is 31.5 Å². The minimum absolute atomic E-state index is 0.255. The first-order valence-corrected chi connectivity index (χ1v) is 11.5. The molecule has 174 valence electrons. The molecule has 0 aliphatic heterocycles. The van der Waals surface area contributed by atoms with E-state index in [0.717, 1.165) is 16.6 Å². The molecule has 0 bridgehead atoms. The van der Waals surface area contributed by atoms with Gasteiger partial charge in [-0.05, 0) is 23.5 Å². The maximum atomic E-state index is 6.19. The molecule has 4 aromatic heterocycles. The lowest BCUT2D eigenvalue weighted by Crippen LogP contribution is -2.01. The Kier molecular flexibility index (Phi) is 5.27. The van der Waals surface area contributed by atoms with Gasteiger partial charge >= 0.3 is 0 Å². The van der Waals surface area contributed by atoms with Crippen LogP contribution in [0.2, 0.25) is 0 Å². The van der Waals surface area contributed by atoms with Gasteiger partial charge in [-0.2, -0.15) is 4.52 Å². The molecule has 0 unspecified atom stereocenters. The number of methoxy groups -OCH3 is 2. The van der Waals surface area contributed by atoms with E-state index in [1.54, 1.807) is 31.1 Å². The van der Waals surface area contributed by atoms with Crippen molar-refractivity contribution in [3.05, 3.63) is 72.7 Å². The average Bonchev–Trinajstić information content (AvgIpc) is 3.61. The average molecular weight is 486 g/mol. The molecular formula is C25H19N5O4S. The fraction of sp³-hybridized carbons (Fsp3) is 0.120. The van der Waals surface area contributed by atoms with Gasteiger partial charge in [0.25, 0.3) is 5.19 Å². The maximum absolute atomic E-state index is 6.19. The van der Waals surface area contributed by atoms with E-state index in [-0.39, 0.29) is 6.61 Å². The normalized spacial score (nSPS) is 11.3. The Morgan fingerprint density at radius 3 is 2.71 bits per heavy atom. The fourth-order valence-electron chi connectivity index (χ4n) is 3.73. The number of hydrogen-bond acceptors (Lipinski definition) is 9. The Morgan fingerprint density at radius 1 is 1.00 bits per heavy atom. The zero-order chi connectivity index (χ0) is 23.8. The molecule has 35 heavy (non-hydrogen) atoms. The summed E-state index contributed by atoms with van der Waals surface area (Å²) in [6.07, 6.45) is 3.46. The minimum Gasteiger partial charge on any atom is -0.496 e. The van der Waals surface area contributed by atoms with Gasteiger partial charge in [-0.1, -0.05) is 30.3 Å². The van der Waals surface area contributed by atoms with Crippen LogP contribution in [-0.2, 0) is 6.61 Å². The number of furan rings is 1. The van der Waals surface area contributed by atoms with Crippen molar-refractivity contribution in [3.8, 4) is 39.5 Å². The van der Waals surface area contributed by atoms with E-state index in [1.165, 1.54) is 11.3 Å². The van der Waals surface area contributed by atoms with Crippen molar-refractivity contribution in [2.24, 2.45) is 0 Å². The lowest BCUT2D eigenvalue weighted by atomic mass is 10.2. The maximum Gasteiger partial charge on any atom is 0.294 e. The molecule has 4 heterocycles. The molecule has 6 aromatic rings. The van der Waals surface area contributed by atoms with Gasteiger partial charge in [-0.3, -0.25) is 0 Å². The van der Waals surface area contributed by atoms with Gasteiger partial charge in [0.15, 0.2) is 11.6 Å². The molecular weight excluding hydrogens is 466 g/mol. The van der Waals surface area contributed by atoms with Gasteiger partial charge in [0, 0.05) is 23.9 Å². The second kappa shape index (κ2) is 8.73. The summed E-state index contributed by atoms with van der Waals surface area (Å²) in [4.78, 5) is 14.2. The first kappa shape index (κ1) is 21.1. The molecule has 9 nitrogen and oxygen atoms in total. The highest BCUT2D eigenvalue weighted by Gasteiger charge is 2.18. The van der Waals surface area contributed by atoms with Crippen molar-refractivity contribution in [3.63, 3.8) is 0 Å². The Labute approximate surface area is 203 Å². The largest absolute Gasteiger partial charge is 0.496 e. The van der Waals surface area contributed by atoms with Crippen molar-refractivity contribution >= 4 is 27.3 Å². The van der Waals surface area contributed by atoms with Crippen LogP contribution in [0.5, 0.6) is 16.7 Å². The van der Waals surface area contributed by atoms with E-state index in [2.05, 4.69) is 20.1 Å². The Bertz CT molecular complexity index is 1640. The van der Waals surface area contributed by atoms with E-state index in [4.69, 9.17) is 18.6 Å². The number of ether oxygens (including phenoxy) is 3. The molecule has 0 aliphatic rings. The van der Waals surface area contributed by atoms with Crippen LogP contribution in [0, 0.1) is 0 Å². The fourth-order valence-corrected chi connectivity index (χ4v) is 4.42. The molecule has 0 amide bonds. The monoisotopic (exact) mass is 485 g/mol. The summed E-state index contributed by atoms with van der Waals surface area (Å²) < 4.78 is 24.8. The number of hydrogen-bond donors (Lipinski definition) is 0. The van der Waals surface area contributed by atoms with Crippen LogP contribution in [0.3, 0.4) is 0 Å². The molecule has 0 fully saturated rings. The number of nitrogens with zero attached hydrogens (tertiary/aromatic N) is 5. The van der Waals surface area contributed by atoms with Crippen molar-refractivity contribution in [1.82, 2.24) is 24.6 Å². The molecule has 0 atom stereocenters. The second-order valence-electron chi connectivity index (χ2n) is 7.58. The van der Waals surface area contributed by atoms with Gasteiger partial charge in [-0.15, -0.1) is 5.10 Å². The number of rotatable bonds is 7. The number of imidazole rings is 1. The summed E-state index contributed by atoms with van der Waals surface area (Å²) >= 11 is 1.35. The predicted octanol–water partition coefficient (Wildman–Crippen LogP) is 5.26. The van der Waals surface area contributed by atoms with E-state index in [0.29, 0.717) is 44.5 Å². The van der Waals surface area contributed by atoms with Crippen molar-refractivity contribution in [1.29, 1.82) is 0 Å².